The number of thiophene rings is 1. The molecule has 0 saturated heterocycles. The summed E-state index contributed by atoms with van der Waals surface area (Å²) >= 11 is 1.69. The molecule has 8 heteroatoms. The lowest BCUT2D eigenvalue weighted by Crippen LogP contribution is -2.34. The minimum absolute atomic E-state index is 0.338. The smallest absolute Gasteiger partial charge is 0.164 e. The average molecular weight is 456 g/mol. The topological polar surface area (TPSA) is 85.8 Å². The molecule has 1 saturated carbocycles. The van der Waals surface area contributed by atoms with E-state index in [9.17, 15) is 0 Å². The molecule has 0 spiro atoms. The third-order valence-corrected chi connectivity index (χ3v) is 7.33. The number of fused-ring (bicyclic) bond motifs is 2. The molecule has 1 aliphatic carbocycles. The van der Waals surface area contributed by atoms with Crippen LogP contribution in [0.15, 0.2) is 54.2 Å². The van der Waals surface area contributed by atoms with Crippen molar-refractivity contribution in [3.63, 3.8) is 0 Å². The van der Waals surface area contributed by atoms with Gasteiger partial charge in [-0.3, -0.25) is 0 Å². The zero-order valence-electron chi connectivity index (χ0n) is 18.6. The van der Waals surface area contributed by atoms with E-state index in [0.717, 1.165) is 63.2 Å². The predicted molar refractivity (Wildman–Crippen MR) is 134 cm³/mol. The Labute approximate surface area is 195 Å². The van der Waals surface area contributed by atoms with E-state index >= 15 is 0 Å². The maximum Gasteiger partial charge on any atom is 0.164 e. The molecule has 2 N–H and O–H groups in total. The summed E-state index contributed by atoms with van der Waals surface area (Å²) in [6.45, 7) is 1.10. The average Bonchev–Trinajstić information content (AvgIpc) is 3.44. The SMILES string of the molecule is CN(C)CC1CC(n2nc(-c3ccc4ccc(-c5cccs5)nc4c3)c3c(N)ncnc32)C1. The van der Waals surface area contributed by atoms with Crippen LogP contribution in [-0.4, -0.2) is 50.3 Å². The fraction of sp³-hybridized carbons (Fsp3) is 0.280. The summed E-state index contributed by atoms with van der Waals surface area (Å²) in [5.74, 6) is 1.15. The number of hydrogen-bond donors (Lipinski definition) is 1. The number of rotatable bonds is 5. The number of nitrogen functional groups attached to an aromatic ring is 1. The first-order valence-electron chi connectivity index (χ1n) is 11.2. The van der Waals surface area contributed by atoms with Gasteiger partial charge in [-0.15, -0.1) is 11.3 Å². The molecule has 1 fully saturated rings. The molecule has 0 unspecified atom stereocenters. The molecule has 0 aliphatic heterocycles. The van der Waals surface area contributed by atoms with E-state index in [0.29, 0.717) is 17.8 Å². The summed E-state index contributed by atoms with van der Waals surface area (Å²) in [7, 11) is 4.25. The summed E-state index contributed by atoms with van der Waals surface area (Å²) in [5, 5.41) is 9.02. The Hall–Kier alpha value is -3.36. The Morgan fingerprint density at radius 3 is 2.76 bits per heavy atom. The fourth-order valence-corrected chi connectivity index (χ4v) is 5.54. The number of hydrogen-bond acceptors (Lipinski definition) is 7. The van der Waals surface area contributed by atoms with Crippen LogP contribution in [0.25, 0.3) is 43.8 Å². The van der Waals surface area contributed by atoms with E-state index in [1.807, 2.05) is 6.07 Å². The molecule has 7 nitrogen and oxygen atoms in total. The predicted octanol–water partition coefficient (Wildman–Crippen LogP) is 4.86. The Bertz CT molecular complexity index is 1450. The van der Waals surface area contributed by atoms with Crippen LogP contribution in [-0.2, 0) is 0 Å². The standard InChI is InChI=1S/C25H25N7S/c1-31(2)13-15-10-18(11-15)32-25-22(24(26)27-14-28-25)23(30-32)17-6-5-16-7-8-19(29-20(16)12-17)21-4-3-9-33-21/h3-9,12,14-15,18H,10-11,13H2,1-2H3,(H2,26,27,28). The van der Waals surface area contributed by atoms with Gasteiger partial charge in [0.05, 0.1) is 27.5 Å². The highest BCUT2D eigenvalue weighted by Gasteiger charge is 2.33. The van der Waals surface area contributed by atoms with Crippen LogP contribution in [0.2, 0.25) is 0 Å². The summed E-state index contributed by atoms with van der Waals surface area (Å²) in [4.78, 5) is 17.2. The third-order valence-electron chi connectivity index (χ3n) is 6.44. The van der Waals surface area contributed by atoms with Crippen LogP contribution >= 0.6 is 11.3 Å². The van der Waals surface area contributed by atoms with Crippen molar-refractivity contribution in [1.29, 1.82) is 0 Å². The van der Waals surface area contributed by atoms with E-state index < -0.39 is 0 Å². The van der Waals surface area contributed by atoms with Crippen LogP contribution in [0.3, 0.4) is 0 Å². The summed E-state index contributed by atoms with van der Waals surface area (Å²) in [6, 6.07) is 15.0. The lowest BCUT2D eigenvalue weighted by Gasteiger charge is -2.37. The first-order valence-corrected chi connectivity index (χ1v) is 12.0. The second kappa shape index (κ2) is 7.90. The Morgan fingerprint density at radius 2 is 1.97 bits per heavy atom. The van der Waals surface area contributed by atoms with Crippen molar-refractivity contribution in [3.05, 3.63) is 54.2 Å². The van der Waals surface area contributed by atoms with Gasteiger partial charge in [0.15, 0.2) is 5.65 Å². The van der Waals surface area contributed by atoms with Crippen molar-refractivity contribution < 1.29 is 0 Å². The van der Waals surface area contributed by atoms with Crippen molar-refractivity contribution in [2.45, 2.75) is 18.9 Å². The van der Waals surface area contributed by atoms with Crippen molar-refractivity contribution in [2.24, 2.45) is 5.92 Å². The minimum Gasteiger partial charge on any atom is -0.383 e. The summed E-state index contributed by atoms with van der Waals surface area (Å²) < 4.78 is 2.06. The number of benzene rings is 1. The molecule has 0 atom stereocenters. The van der Waals surface area contributed by atoms with Gasteiger partial charge in [-0.1, -0.05) is 24.3 Å². The fourth-order valence-electron chi connectivity index (χ4n) is 4.84. The van der Waals surface area contributed by atoms with Gasteiger partial charge in [0.2, 0.25) is 0 Å². The second-order valence-corrected chi connectivity index (χ2v) is 10.0. The molecule has 33 heavy (non-hydrogen) atoms. The number of pyridine rings is 1. The lowest BCUT2D eigenvalue weighted by atomic mass is 9.80. The van der Waals surface area contributed by atoms with Crippen molar-refractivity contribution >= 4 is 39.1 Å². The molecule has 1 aromatic carbocycles. The van der Waals surface area contributed by atoms with Crippen LogP contribution in [0, 0.1) is 5.92 Å². The number of aromatic nitrogens is 5. The highest BCUT2D eigenvalue weighted by molar-refractivity contribution is 7.13. The van der Waals surface area contributed by atoms with Gasteiger partial charge < -0.3 is 10.6 Å². The zero-order chi connectivity index (χ0) is 22.5. The van der Waals surface area contributed by atoms with Gasteiger partial charge >= 0.3 is 0 Å². The van der Waals surface area contributed by atoms with E-state index in [2.05, 4.69) is 75.4 Å². The van der Waals surface area contributed by atoms with E-state index in [4.69, 9.17) is 15.8 Å². The van der Waals surface area contributed by atoms with E-state index in [1.165, 1.54) is 6.33 Å². The maximum atomic E-state index is 6.34. The molecule has 4 heterocycles. The van der Waals surface area contributed by atoms with Crippen molar-refractivity contribution in [1.82, 2.24) is 29.6 Å². The number of anilines is 1. The quantitative estimate of drug-likeness (QED) is 0.407. The zero-order valence-corrected chi connectivity index (χ0v) is 19.5. The van der Waals surface area contributed by atoms with Gasteiger partial charge in [-0.05, 0) is 56.4 Å². The minimum atomic E-state index is 0.338. The first kappa shape index (κ1) is 20.3. The van der Waals surface area contributed by atoms with Gasteiger partial charge in [0.1, 0.15) is 17.8 Å². The summed E-state index contributed by atoms with van der Waals surface area (Å²) in [6.07, 6.45) is 3.73. The maximum absolute atomic E-state index is 6.34. The van der Waals surface area contributed by atoms with Crippen LogP contribution < -0.4 is 5.73 Å². The first-order chi connectivity index (χ1) is 16.1. The second-order valence-electron chi connectivity index (χ2n) is 9.09. The monoisotopic (exact) mass is 455 g/mol. The normalized spacial score (nSPS) is 18.3. The van der Waals surface area contributed by atoms with Crippen LogP contribution in [0.1, 0.15) is 18.9 Å². The van der Waals surface area contributed by atoms with Crippen LogP contribution in [0.5, 0.6) is 0 Å². The van der Waals surface area contributed by atoms with Crippen molar-refractivity contribution in [3.8, 4) is 21.8 Å². The molecule has 0 bridgehead atoms. The van der Waals surface area contributed by atoms with Gasteiger partial charge in [0, 0.05) is 17.5 Å². The molecular formula is C25H25N7S. The Balaban J connectivity index is 1.43. The molecule has 4 aromatic heterocycles. The number of nitrogens with two attached hydrogens (primary N) is 1. The molecule has 1 aliphatic rings. The van der Waals surface area contributed by atoms with Crippen LogP contribution in [0.4, 0.5) is 5.82 Å². The van der Waals surface area contributed by atoms with Gasteiger partial charge in [0.25, 0.3) is 0 Å². The van der Waals surface area contributed by atoms with Gasteiger partial charge in [-0.25, -0.2) is 19.6 Å². The highest BCUT2D eigenvalue weighted by atomic mass is 32.1. The number of nitrogens with zero attached hydrogens (tertiary/aromatic N) is 6. The molecule has 166 valence electrons. The Morgan fingerprint density at radius 1 is 1.12 bits per heavy atom. The van der Waals surface area contributed by atoms with Crippen molar-refractivity contribution in [2.75, 3.05) is 26.4 Å². The molecule has 0 amide bonds. The van der Waals surface area contributed by atoms with E-state index in [-0.39, 0.29) is 0 Å². The molecular weight excluding hydrogens is 430 g/mol. The molecule has 5 aromatic rings. The largest absolute Gasteiger partial charge is 0.383 e. The lowest BCUT2D eigenvalue weighted by molar-refractivity contribution is 0.149. The van der Waals surface area contributed by atoms with Gasteiger partial charge in [-0.2, -0.15) is 5.10 Å². The summed E-state index contributed by atoms with van der Waals surface area (Å²) in [5.41, 5.74) is 10.9. The molecule has 6 rings (SSSR count). The third kappa shape index (κ3) is 3.55. The van der Waals surface area contributed by atoms with E-state index in [1.54, 1.807) is 11.3 Å². The Kier molecular flexibility index (Phi) is 4.85. The molecule has 0 radical (unpaired) electrons. The highest BCUT2D eigenvalue weighted by Crippen LogP contribution is 2.41.